The molecular formula is C23H31NO5. The van der Waals surface area contributed by atoms with E-state index in [1.165, 1.54) is 12.8 Å². The zero-order valence-electron chi connectivity index (χ0n) is 17.3. The Morgan fingerprint density at radius 1 is 1.31 bits per heavy atom. The summed E-state index contributed by atoms with van der Waals surface area (Å²) < 4.78 is 12.0. The number of methoxy groups -OCH3 is 1. The lowest BCUT2D eigenvalue weighted by Crippen LogP contribution is -2.81. The van der Waals surface area contributed by atoms with Gasteiger partial charge < -0.3 is 19.7 Å². The average molecular weight is 402 g/mol. The van der Waals surface area contributed by atoms with Gasteiger partial charge in [-0.3, -0.25) is 4.90 Å². The van der Waals surface area contributed by atoms with Crippen LogP contribution in [0.25, 0.3) is 0 Å². The SMILES string of the molecule is COC1(C)C=CC2=C(C1)[C@]13CCN(CC4CC4)[C@H]([C@@H]2O)C12CC[C@](O)(C3)C(=O)O2. The summed E-state index contributed by atoms with van der Waals surface area (Å²) in [4.78, 5) is 15.2. The number of esters is 1. The van der Waals surface area contributed by atoms with Gasteiger partial charge in [0.05, 0.1) is 17.7 Å². The van der Waals surface area contributed by atoms with Crippen molar-refractivity contribution in [2.24, 2.45) is 11.3 Å². The van der Waals surface area contributed by atoms with Crippen molar-refractivity contribution in [2.45, 2.75) is 80.8 Å². The molecule has 6 nitrogen and oxygen atoms in total. The molecule has 2 N–H and O–H groups in total. The maximum absolute atomic E-state index is 12.8. The maximum atomic E-state index is 12.8. The smallest absolute Gasteiger partial charge is 0.338 e. The zero-order chi connectivity index (χ0) is 20.2. The summed E-state index contributed by atoms with van der Waals surface area (Å²) in [5.74, 6) is 0.203. The van der Waals surface area contributed by atoms with E-state index in [0.29, 0.717) is 31.6 Å². The van der Waals surface area contributed by atoms with Crippen molar-refractivity contribution in [1.82, 2.24) is 4.90 Å². The Labute approximate surface area is 171 Å². The molecule has 3 aliphatic heterocycles. The minimum atomic E-state index is -1.41. The van der Waals surface area contributed by atoms with Crippen molar-refractivity contribution in [3.8, 4) is 0 Å². The number of aliphatic hydroxyl groups excluding tert-OH is 1. The molecule has 6 heteroatoms. The van der Waals surface area contributed by atoms with Gasteiger partial charge in [0.2, 0.25) is 0 Å². The standard InChI is InChI=1S/C23H31NO5/c1-20(28-2)6-5-15-16(11-20)21-9-10-24(12-14-3-4-14)18(17(15)25)23(21)8-7-22(27,13-21)19(26)29-23/h5-6,14,17-18,25,27H,3-4,7-13H2,1-2H3/t17-,18-,20?,21-,22+,23?/m1/s1. The lowest BCUT2D eigenvalue weighted by atomic mass is 9.43. The molecule has 0 radical (unpaired) electrons. The molecule has 7 rings (SSSR count). The molecule has 7 aliphatic rings. The second-order valence-electron chi connectivity index (χ2n) is 10.6. The molecule has 158 valence electrons. The van der Waals surface area contributed by atoms with E-state index in [-0.39, 0.29) is 6.04 Å². The minimum absolute atomic E-state index is 0.235. The summed E-state index contributed by atoms with van der Waals surface area (Å²) >= 11 is 0. The molecule has 4 aliphatic carbocycles. The first kappa shape index (κ1) is 18.6. The molecule has 2 saturated carbocycles. The number of carbonyl (C=O) groups is 1. The molecule has 0 aromatic heterocycles. The Balaban J connectivity index is 1.54. The molecule has 0 aromatic carbocycles. The van der Waals surface area contributed by atoms with Crippen LogP contribution in [0.2, 0.25) is 0 Å². The van der Waals surface area contributed by atoms with E-state index >= 15 is 0 Å². The topological polar surface area (TPSA) is 79.2 Å². The van der Waals surface area contributed by atoms with Crippen molar-refractivity contribution < 1.29 is 24.5 Å². The second kappa shape index (κ2) is 5.52. The molecule has 6 atom stereocenters. The maximum Gasteiger partial charge on any atom is 0.338 e. The van der Waals surface area contributed by atoms with Gasteiger partial charge in [-0.1, -0.05) is 17.7 Å². The van der Waals surface area contributed by atoms with Gasteiger partial charge in [0.15, 0.2) is 5.60 Å². The minimum Gasteiger partial charge on any atom is -0.454 e. The Bertz CT molecular complexity index is 848. The number of piperidine rings is 1. The van der Waals surface area contributed by atoms with E-state index in [4.69, 9.17) is 9.47 Å². The van der Waals surface area contributed by atoms with Crippen LogP contribution in [0, 0.1) is 11.3 Å². The molecule has 29 heavy (non-hydrogen) atoms. The van der Waals surface area contributed by atoms with Gasteiger partial charge in [-0.15, -0.1) is 0 Å². The molecule has 4 bridgehead atoms. The summed E-state index contributed by atoms with van der Waals surface area (Å²) in [6.45, 7) is 3.89. The number of rotatable bonds is 3. The van der Waals surface area contributed by atoms with Crippen LogP contribution in [0.5, 0.6) is 0 Å². The first-order valence-corrected chi connectivity index (χ1v) is 11.1. The number of aliphatic hydroxyl groups is 2. The van der Waals surface area contributed by atoms with Crippen LogP contribution in [-0.4, -0.2) is 70.2 Å². The van der Waals surface area contributed by atoms with Gasteiger partial charge in [-0.05, 0) is 57.1 Å². The van der Waals surface area contributed by atoms with Gasteiger partial charge in [0.1, 0.15) is 5.60 Å². The number of hydrogen-bond donors (Lipinski definition) is 2. The molecule has 2 unspecified atom stereocenters. The largest absolute Gasteiger partial charge is 0.454 e. The number of ether oxygens (including phenoxy) is 2. The van der Waals surface area contributed by atoms with Crippen LogP contribution in [0.1, 0.15) is 51.9 Å². The lowest BCUT2D eigenvalue weighted by Gasteiger charge is -2.71. The Kier molecular flexibility index (Phi) is 3.53. The summed E-state index contributed by atoms with van der Waals surface area (Å²) in [7, 11) is 1.71. The van der Waals surface area contributed by atoms with Crippen molar-refractivity contribution in [1.29, 1.82) is 0 Å². The predicted molar refractivity (Wildman–Crippen MR) is 105 cm³/mol. The third-order valence-corrected chi connectivity index (χ3v) is 9.01. The quantitative estimate of drug-likeness (QED) is 0.701. The monoisotopic (exact) mass is 401 g/mol. The first-order chi connectivity index (χ1) is 13.8. The van der Waals surface area contributed by atoms with Crippen LogP contribution < -0.4 is 0 Å². The predicted octanol–water partition coefficient (Wildman–Crippen LogP) is 1.70. The van der Waals surface area contributed by atoms with Crippen molar-refractivity contribution >= 4 is 5.97 Å². The number of nitrogens with zero attached hydrogens (tertiary/aromatic N) is 1. The normalized spacial score (nSPS) is 51.0. The Morgan fingerprint density at radius 2 is 2.10 bits per heavy atom. The molecule has 3 heterocycles. The second-order valence-corrected chi connectivity index (χ2v) is 10.6. The Morgan fingerprint density at radius 3 is 2.79 bits per heavy atom. The molecule has 5 fully saturated rings. The van der Waals surface area contributed by atoms with Gasteiger partial charge >= 0.3 is 5.97 Å². The number of carbonyl (C=O) groups excluding carboxylic acids is 1. The molecule has 0 aromatic rings. The third kappa shape index (κ3) is 2.19. The van der Waals surface area contributed by atoms with Crippen molar-refractivity contribution in [3.63, 3.8) is 0 Å². The van der Waals surface area contributed by atoms with Crippen molar-refractivity contribution in [3.05, 3.63) is 23.3 Å². The third-order valence-electron chi connectivity index (χ3n) is 9.01. The van der Waals surface area contributed by atoms with Crippen LogP contribution in [0.4, 0.5) is 0 Å². The first-order valence-electron chi connectivity index (χ1n) is 11.1. The molecule has 3 saturated heterocycles. The Hall–Kier alpha value is -1.21. The van der Waals surface area contributed by atoms with Crippen LogP contribution >= 0.6 is 0 Å². The van der Waals surface area contributed by atoms with Crippen LogP contribution in [0.15, 0.2) is 23.3 Å². The van der Waals surface area contributed by atoms with E-state index in [0.717, 1.165) is 30.7 Å². The fraction of sp³-hybridized carbons (Fsp3) is 0.783. The highest BCUT2D eigenvalue weighted by molar-refractivity contribution is 5.83. The van der Waals surface area contributed by atoms with Gasteiger partial charge in [-0.2, -0.15) is 0 Å². The highest BCUT2D eigenvalue weighted by Gasteiger charge is 2.77. The zero-order valence-corrected chi connectivity index (χ0v) is 17.3. The number of fused-ring (bicyclic) bond motifs is 2. The fourth-order valence-electron chi connectivity index (χ4n) is 7.23. The summed E-state index contributed by atoms with van der Waals surface area (Å²) in [6, 6.07) is -0.235. The molecule has 0 amide bonds. The fourth-order valence-corrected chi connectivity index (χ4v) is 7.23. The van der Waals surface area contributed by atoms with Gasteiger partial charge in [0.25, 0.3) is 0 Å². The number of likely N-dealkylation sites (tertiary alicyclic amines) is 1. The number of hydrogen-bond acceptors (Lipinski definition) is 6. The van der Waals surface area contributed by atoms with Gasteiger partial charge in [-0.25, -0.2) is 4.79 Å². The van der Waals surface area contributed by atoms with E-state index in [1.54, 1.807) is 7.11 Å². The summed E-state index contributed by atoms with van der Waals surface area (Å²) in [5, 5.41) is 22.8. The average Bonchev–Trinajstić information content (AvgIpc) is 3.51. The van der Waals surface area contributed by atoms with E-state index in [1.807, 2.05) is 12.2 Å². The van der Waals surface area contributed by atoms with E-state index in [9.17, 15) is 15.0 Å². The van der Waals surface area contributed by atoms with Crippen molar-refractivity contribution in [2.75, 3.05) is 20.2 Å². The molecular weight excluding hydrogens is 370 g/mol. The van der Waals surface area contributed by atoms with E-state index < -0.39 is 34.3 Å². The van der Waals surface area contributed by atoms with Crippen LogP contribution in [0.3, 0.4) is 0 Å². The lowest BCUT2D eigenvalue weighted by molar-refractivity contribution is -0.293. The van der Waals surface area contributed by atoms with E-state index in [2.05, 4.69) is 11.8 Å². The summed E-state index contributed by atoms with van der Waals surface area (Å²) in [5.41, 5.74) is -0.920. The highest BCUT2D eigenvalue weighted by atomic mass is 16.6. The van der Waals surface area contributed by atoms with Gasteiger partial charge in [0, 0.05) is 31.9 Å². The van der Waals surface area contributed by atoms with Crippen LogP contribution in [-0.2, 0) is 14.3 Å². The highest BCUT2D eigenvalue weighted by Crippen LogP contribution is 2.69. The summed E-state index contributed by atoms with van der Waals surface area (Å²) in [6.07, 6.45) is 8.85. The molecule has 1 spiro atoms.